The van der Waals surface area contributed by atoms with Gasteiger partial charge >= 0.3 is 0 Å². The summed E-state index contributed by atoms with van der Waals surface area (Å²) in [7, 11) is 0. The molecule has 268 valence electrons. The van der Waals surface area contributed by atoms with Crippen LogP contribution in [0.25, 0.3) is 0 Å². The first-order valence-electron chi connectivity index (χ1n) is 17.6. The van der Waals surface area contributed by atoms with E-state index in [1.807, 2.05) is 123 Å². The minimum atomic E-state index is -0.851. The lowest BCUT2D eigenvalue weighted by Crippen LogP contribution is -2.65. The third-order valence-corrected chi connectivity index (χ3v) is 10.6. The number of hydrogen-bond donors (Lipinski definition) is 0. The smallest absolute Gasteiger partial charge is 0.187 e. The maximum atomic E-state index is 6.90. The van der Waals surface area contributed by atoms with E-state index < -0.39 is 55.0 Å². The summed E-state index contributed by atoms with van der Waals surface area (Å²) in [6.45, 7) is 5.10. The molecule has 4 aliphatic rings. The normalized spacial score (nSPS) is 32.9. The predicted molar refractivity (Wildman–Crippen MR) is 189 cm³/mol. The summed E-state index contributed by atoms with van der Waals surface area (Å²) in [5, 5.41) is 0. The van der Waals surface area contributed by atoms with Gasteiger partial charge < -0.3 is 42.6 Å². The van der Waals surface area contributed by atoms with E-state index in [2.05, 4.69) is 12.1 Å². The number of thioether (sulfide) groups is 1. The van der Waals surface area contributed by atoms with Crippen LogP contribution in [0.2, 0.25) is 0 Å². The lowest BCUT2D eigenvalue weighted by atomic mass is 9.96. The Morgan fingerprint density at radius 1 is 0.627 bits per heavy atom. The second-order valence-corrected chi connectivity index (χ2v) is 14.8. The molecule has 10 atom stereocenters. The average molecular weight is 713 g/mol. The first-order valence-corrected chi connectivity index (χ1v) is 18.5. The molecular weight excluding hydrogens is 669 g/mol. The summed E-state index contributed by atoms with van der Waals surface area (Å²) >= 11 is 1.62. The van der Waals surface area contributed by atoms with Crippen molar-refractivity contribution < 1.29 is 42.6 Å². The van der Waals surface area contributed by atoms with E-state index in [-0.39, 0.29) is 24.8 Å². The topological polar surface area (TPSA) is 83.1 Å². The summed E-state index contributed by atoms with van der Waals surface area (Å²) in [6.07, 6.45) is -4.93. The molecule has 0 aromatic heterocycles. The SMILES string of the molecule is CC1(C)O[C@@H]2[C@@H](O1)[C@H](Sc1ccccc1)OC[C@H]2O[C@@H]1O[C@@H]2CO[C@@H](c3ccccc3)O[C@H]2[C@H](OCc2ccccc2)[C@@H]1OCc1ccccc1. The van der Waals surface area contributed by atoms with E-state index in [0.717, 1.165) is 21.6 Å². The Kier molecular flexibility index (Phi) is 10.9. The third kappa shape index (κ3) is 8.26. The molecule has 0 spiro atoms. The van der Waals surface area contributed by atoms with Crippen LogP contribution in [0.1, 0.15) is 36.8 Å². The summed E-state index contributed by atoms with van der Waals surface area (Å²) in [5.41, 5.74) is 2.70. The van der Waals surface area contributed by atoms with Gasteiger partial charge in [-0.3, -0.25) is 0 Å². The Labute approximate surface area is 303 Å². The molecule has 0 bridgehead atoms. The average Bonchev–Trinajstić information content (AvgIpc) is 3.51. The Morgan fingerprint density at radius 2 is 1.22 bits per heavy atom. The fourth-order valence-corrected chi connectivity index (χ4v) is 8.13. The van der Waals surface area contributed by atoms with E-state index in [0.29, 0.717) is 13.2 Å². The zero-order valence-corrected chi connectivity index (χ0v) is 29.5. The molecule has 0 unspecified atom stereocenters. The zero-order chi connectivity index (χ0) is 34.6. The molecule has 0 saturated carbocycles. The van der Waals surface area contributed by atoms with Crippen molar-refractivity contribution in [3.8, 4) is 0 Å². The van der Waals surface area contributed by atoms with Crippen molar-refractivity contribution in [3.63, 3.8) is 0 Å². The molecule has 9 nitrogen and oxygen atoms in total. The van der Waals surface area contributed by atoms with Crippen LogP contribution < -0.4 is 0 Å². The Balaban J connectivity index is 1.07. The van der Waals surface area contributed by atoms with Gasteiger partial charge in [0.1, 0.15) is 48.2 Å². The van der Waals surface area contributed by atoms with Crippen LogP contribution in [0, 0.1) is 0 Å². The van der Waals surface area contributed by atoms with Crippen LogP contribution in [0.3, 0.4) is 0 Å². The Morgan fingerprint density at radius 3 is 1.88 bits per heavy atom. The molecule has 0 amide bonds. The largest absolute Gasteiger partial charge is 0.368 e. The van der Waals surface area contributed by atoms with Crippen molar-refractivity contribution in [2.45, 2.75) is 98.5 Å². The van der Waals surface area contributed by atoms with Crippen molar-refractivity contribution in [2.24, 2.45) is 0 Å². The number of rotatable bonds is 11. The van der Waals surface area contributed by atoms with Crippen molar-refractivity contribution in [1.29, 1.82) is 0 Å². The van der Waals surface area contributed by atoms with E-state index in [1.165, 1.54) is 0 Å². The van der Waals surface area contributed by atoms with E-state index in [9.17, 15) is 0 Å². The van der Waals surface area contributed by atoms with Crippen LogP contribution >= 0.6 is 11.8 Å². The highest BCUT2D eigenvalue weighted by Crippen LogP contribution is 2.44. The van der Waals surface area contributed by atoms with Crippen molar-refractivity contribution in [2.75, 3.05) is 13.2 Å². The molecule has 8 rings (SSSR count). The number of hydrogen-bond acceptors (Lipinski definition) is 10. The highest BCUT2D eigenvalue weighted by Gasteiger charge is 2.56. The van der Waals surface area contributed by atoms with Crippen molar-refractivity contribution in [1.82, 2.24) is 0 Å². The molecule has 4 heterocycles. The van der Waals surface area contributed by atoms with Gasteiger partial charge in [-0.15, -0.1) is 0 Å². The summed E-state index contributed by atoms with van der Waals surface area (Å²) < 4.78 is 59.6. The molecule has 4 aromatic carbocycles. The maximum absolute atomic E-state index is 6.90. The van der Waals surface area contributed by atoms with Crippen molar-refractivity contribution in [3.05, 3.63) is 138 Å². The lowest BCUT2D eigenvalue weighted by molar-refractivity contribution is -0.382. The minimum Gasteiger partial charge on any atom is -0.368 e. The van der Waals surface area contributed by atoms with Crippen LogP contribution in [0.15, 0.2) is 126 Å². The first-order chi connectivity index (χ1) is 25.0. The number of ether oxygens (including phenoxy) is 9. The summed E-state index contributed by atoms with van der Waals surface area (Å²) in [6, 6.07) is 40.3. The molecule has 0 aliphatic carbocycles. The van der Waals surface area contributed by atoms with E-state index in [1.54, 1.807) is 11.8 Å². The molecule has 0 radical (unpaired) electrons. The predicted octanol–water partition coefficient (Wildman–Crippen LogP) is 7.05. The fourth-order valence-electron chi connectivity index (χ4n) is 7.05. The molecule has 4 saturated heterocycles. The van der Waals surface area contributed by atoms with Gasteiger partial charge in [-0.2, -0.15) is 0 Å². The third-order valence-electron chi connectivity index (χ3n) is 9.45. The molecule has 0 N–H and O–H groups in total. The Hall–Kier alpha value is -3.13. The maximum Gasteiger partial charge on any atom is 0.187 e. The molecule has 4 aliphatic heterocycles. The van der Waals surface area contributed by atoms with Gasteiger partial charge in [-0.1, -0.05) is 121 Å². The van der Waals surface area contributed by atoms with Gasteiger partial charge in [0.05, 0.1) is 26.4 Å². The molecule has 4 aromatic rings. The van der Waals surface area contributed by atoms with Gasteiger partial charge in [-0.05, 0) is 37.1 Å². The standard InChI is InChI=1S/C41H44O9S/c1-41(2)49-34-32(26-45-40(37(34)50-41)51-30-21-13-6-14-22-30)47-39-36(43-24-28-17-9-4-10-18-28)35(42-23-27-15-7-3-8-16-27)33-31(46-39)25-44-38(48-33)29-19-11-5-12-20-29/h3-22,31-40H,23-26H2,1-2H3/t31-,32-,33-,34+,35+,36+,37-,38-,39+,40+/m1/s1. The first kappa shape index (κ1) is 34.9. The quantitative estimate of drug-likeness (QED) is 0.161. The lowest BCUT2D eigenvalue weighted by Gasteiger charge is -2.50. The van der Waals surface area contributed by atoms with Gasteiger partial charge in [0.15, 0.2) is 18.4 Å². The van der Waals surface area contributed by atoms with E-state index in [4.69, 9.17) is 42.6 Å². The van der Waals surface area contributed by atoms with Gasteiger partial charge in [0, 0.05) is 10.5 Å². The van der Waals surface area contributed by atoms with Gasteiger partial charge in [0.2, 0.25) is 0 Å². The van der Waals surface area contributed by atoms with Crippen LogP contribution in [0.4, 0.5) is 0 Å². The highest BCUT2D eigenvalue weighted by atomic mass is 32.2. The van der Waals surface area contributed by atoms with Crippen LogP contribution in [-0.4, -0.2) is 73.5 Å². The van der Waals surface area contributed by atoms with Crippen LogP contribution in [0.5, 0.6) is 0 Å². The van der Waals surface area contributed by atoms with Gasteiger partial charge in [0.25, 0.3) is 0 Å². The molecule has 51 heavy (non-hydrogen) atoms. The molecule has 10 heteroatoms. The summed E-state index contributed by atoms with van der Waals surface area (Å²) in [4.78, 5) is 1.09. The minimum absolute atomic E-state index is 0.280. The number of fused-ring (bicyclic) bond motifs is 2. The zero-order valence-electron chi connectivity index (χ0n) is 28.7. The highest BCUT2D eigenvalue weighted by molar-refractivity contribution is 7.99. The number of benzene rings is 4. The summed E-state index contributed by atoms with van der Waals surface area (Å²) in [5.74, 6) is -0.819. The van der Waals surface area contributed by atoms with E-state index >= 15 is 0 Å². The molecular formula is C41H44O9S. The monoisotopic (exact) mass is 712 g/mol. The molecule has 4 fully saturated rings. The fraction of sp³-hybridized carbons (Fsp3) is 0.415. The van der Waals surface area contributed by atoms with Gasteiger partial charge in [-0.25, -0.2) is 0 Å². The Bertz CT molecular complexity index is 1660. The second kappa shape index (κ2) is 15.9. The van der Waals surface area contributed by atoms with Crippen LogP contribution in [-0.2, 0) is 55.8 Å². The van der Waals surface area contributed by atoms with Crippen molar-refractivity contribution >= 4 is 11.8 Å². The second-order valence-electron chi connectivity index (χ2n) is 13.6.